The van der Waals surface area contributed by atoms with Crippen LogP contribution < -0.4 is 4.74 Å². The highest BCUT2D eigenvalue weighted by Crippen LogP contribution is 2.38. The summed E-state index contributed by atoms with van der Waals surface area (Å²) < 4.78 is 16.0. The number of cyclic esters (lactones) is 1. The smallest absolute Gasteiger partial charge is 0.342 e. The Bertz CT molecular complexity index is 769. The van der Waals surface area contributed by atoms with Gasteiger partial charge >= 0.3 is 5.97 Å². The molecule has 0 saturated heterocycles. The topological polar surface area (TPSA) is 82.1 Å². The van der Waals surface area contributed by atoms with E-state index in [1.807, 2.05) is 19.1 Å². The first kappa shape index (κ1) is 22.0. The van der Waals surface area contributed by atoms with Crippen molar-refractivity contribution in [1.82, 2.24) is 0 Å². The highest BCUT2D eigenvalue weighted by molar-refractivity contribution is 6.33. The van der Waals surface area contributed by atoms with Crippen molar-refractivity contribution >= 4 is 23.4 Å². The first-order valence-electron chi connectivity index (χ1n) is 9.24. The van der Waals surface area contributed by atoms with Gasteiger partial charge in [0.25, 0.3) is 0 Å². The summed E-state index contributed by atoms with van der Waals surface area (Å²) in [6.45, 7) is 3.94. The van der Waals surface area contributed by atoms with Crippen molar-refractivity contribution in [2.24, 2.45) is 0 Å². The third-order valence-corrected chi connectivity index (χ3v) is 4.53. The molecule has 0 saturated carbocycles. The maximum atomic E-state index is 12.7. The van der Waals surface area contributed by atoms with Crippen LogP contribution in [0.4, 0.5) is 0 Å². The molecular formula is C21H25ClO6. The minimum atomic E-state index is -0.736. The number of hydrogen-bond acceptors (Lipinski definition) is 6. The van der Waals surface area contributed by atoms with Gasteiger partial charge in [0, 0.05) is 31.1 Å². The zero-order valence-corrected chi connectivity index (χ0v) is 16.8. The number of esters is 1. The number of ether oxygens (including phenoxy) is 3. The second-order valence-corrected chi connectivity index (χ2v) is 6.74. The normalized spacial score (nSPS) is 19.5. The van der Waals surface area contributed by atoms with Gasteiger partial charge in [-0.3, -0.25) is 4.79 Å². The number of carbonyl (C=O) groups is 2. The van der Waals surface area contributed by atoms with Crippen molar-refractivity contribution in [2.75, 3.05) is 13.4 Å². The van der Waals surface area contributed by atoms with E-state index < -0.39 is 12.1 Å². The van der Waals surface area contributed by atoms with Gasteiger partial charge in [-0.15, -0.1) is 0 Å². The molecule has 1 aliphatic heterocycles. The molecule has 7 heteroatoms. The van der Waals surface area contributed by atoms with Crippen LogP contribution in [0.25, 0.3) is 0 Å². The molecule has 0 aliphatic carbocycles. The first-order valence-corrected chi connectivity index (χ1v) is 9.62. The van der Waals surface area contributed by atoms with Crippen LogP contribution in [0.5, 0.6) is 11.5 Å². The molecule has 0 amide bonds. The predicted octanol–water partition coefficient (Wildman–Crippen LogP) is 4.37. The molecule has 1 aliphatic rings. The van der Waals surface area contributed by atoms with E-state index in [1.54, 1.807) is 13.0 Å². The molecule has 1 aromatic rings. The van der Waals surface area contributed by atoms with Gasteiger partial charge < -0.3 is 19.3 Å². The summed E-state index contributed by atoms with van der Waals surface area (Å²) in [7, 11) is 0. The number of allylic oxidation sites excluding steroid dienone is 3. The molecule has 0 bridgehead atoms. The van der Waals surface area contributed by atoms with Crippen molar-refractivity contribution in [3.05, 3.63) is 46.5 Å². The van der Waals surface area contributed by atoms with E-state index in [0.29, 0.717) is 13.0 Å². The van der Waals surface area contributed by atoms with Crippen LogP contribution in [-0.2, 0) is 20.7 Å². The lowest BCUT2D eigenvalue weighted by Gasteiger charge is -2.18. The maximum Gasteiger partial charge on any atom is 0.342 e. The molecule has 28 heavy (non-hydrogen) atoms. The summed E-state index contributed by atoms with van der Waals surface area (Å²) in [4.78, 5) is 25.0. The van der Waals surface area contributed by atoms with Crippen LogP contribution >= 0.6 is 11.6 Å². The number of benzene rings is 1. The van der Waals surface area contributed by atoms with Gasteiger partial charge in [-0.25, -0.2) is 4.79 Å². The Balaban J connectivity index is 2.46. The lowest BCUT2D eigenvalue weighted by molar-refractivity contribution is -0.114. The number of phenols is 1. The van der Waals surface area contributed by atoms with Crippen molar-refractivity contribution in [1.29, 1.82) is 0 Å². The number of ketones is 1. The van der Waals surface area contributed by atoms with Gasteiger partial charge in [0.2, 0.25) is 0 Å². The van der Waals surface area contributed by atoms with Crippen LogP contribution in [0, 0.1) is 0 Å². The van der Waals surface area contributed by atoms with E-state index in [1.165, 1.54) is 12.1 Å². The van der Waals surface area contributed by atoms with E-state index in [9.17, 15) is 14.7 Å². The number of hydrogen-bond donors (Lipinski definition) is 1. The Morgan fingerprint density at radius 1 is 1.25 bits per heavy atom. The standard InChI is InChI=1S/C21H25ClO6/c1-3-26-13-27-18-12-17(24)19-16(20(18)22)11-15(23)10-8-6-4-5-7-9-14(2)28-21(19)25/h5,7-8,10,12,14,24H,3-4,6,9,11,13H2,1-2H3/b7-5+,10-8?/t14-/m1/s1. The minimum Gasteiger partial charge on any atom is -0.507 e. The minimum absolute atomic E-state index is 0.0733. The van der Waals surface area contributed by atoms with Gasteiger partial charge in [-0.05, 0) is 32.8 Å². The monoisotopic (exact) mass is 408 g/mol. The molecule has 1 aromatic carbocycles. The summed E-state index contributed by atoms with van der Waals surface area (Å²) in [5, 5.41) is 10.5. The summed E-state index contributed by atoms with van der Waals surface area (Å²) in [5.74, 6) is -1.21. The molecule has 0 radical (unpaired) electrons. The fraction of sp³-hybridized carbons (Fsp3) is 0.429. The molecule has 6 nitrogen and oxygen atoms in total. The lowest BCUT2D eigenvalue weighted by atomic mass is 9.99. The molecule has 0 fully saturated rings. The average Bonchev–Trinajstić information content (AvgIpc) is 2.64. The van der Waals surface area contributed by atoms with E-state index in [-0.39, 0.29) is 46.6 Å². The van der Waals surface area contributed by atoms with Gasteiger partial charge in [0.05, 0.1) is 5.02 Å². The summed E-state index contributed by atoms with van der Waals surface area (Å²) in [5.41, 5.74) is 0.0519. The van der Waals surface area contributed by atoms with Gasteiger partial charge in [0.15, 0.2) is 12.6 Å². The van der Waals surface area contributed by atoms with Crippen LogP contribution in [0.1, 0.15) is 49.0 Å². The summed E-state index contributed by atoms with van der Waals surface area (Å²) in [6, 6.07) is 1.23. The van der Waals surface area contributed by atoms with Crippen LogP contribution in [0.15, 0.2) is 30.4 Å². The SMILES string of the molecule is CCOCOc1cc(O)c2c(c1Cl)CC(=O)C=CCC/C=C/C[C@@H](C)OC2=O. The number of fused-ring (bicyclic) bond motifs is 1. The third-order valence-electron chi connectivity index (χ3n) is 4.11. The second-order valence-electron chi connectivity index (χ2n) is 6.36. The summed E-state index contributed by atoms with van der Waals surface area (Å²) >= 11 is 6.41. The largest absolute Gasteiger partial charge is 0.507 e. The zero-order valence-electron chi connectivity index (χ0n) is 16.1. The molecule has 152 valence electrons. The fourth-order valence-corrected chi connectivity index (χ4v) is 2.97. The van der Waals surface area contributed by atoms with E-state index in [2.05, 4.69) is 0 Å². The zero-order chi connectivity index (χ0) is 20.5. The molecule has 1 heterocycles. The highest BCUT2D eigenvalue weighted by atomic mass is 35.5. The fourth-order valence-electron chi connectivity index (χ4n) is 2.70. The average molecular weight is 409 g/mol. The number of carbonyl (C=O) groups excluding carboxylic acids is 2. The van der Waals surface area contributed by atoms with E-state index in [0.717, 1.165) is 12.8 Å². The number of phenolic OH excluding ortho intramolecular Hbond substituents is 1. The van der Waals surface area contributed by atoms with Crippen LogP contribution in [-0.4, -0.2) is 36.4 Å². The Morgan fingerprint density at radius 2 is 2.00 bits per heavy atom. The maximum absolute atomic E-state index is 12.7. The van der Waals surface area contributed by atoms with Crippen molar-refractivity contribution < 1.29 is 28.9 Å². The van der Waals surface area contributed by atoms with Gasteiger partial charge in [-0.1, -0.05) is 29.8 Å². The second kappa shape index (κ2) is 10.9. The van der Waals surface area contributed by atoms with Crippen molar-refractivity contribution in [3.63, 3.8) is 0 Å². The molecule has 2 rings (SSSR count). The predicted molar refractivity (Wildman–Crippen MR) is 106 cm³/mol. The molecular weight excluding hydrogens is 384 g/mol. The van der Waals surface area contributed by atoms with Crippen LogP contribution in [0.3, 0.4) is 0 Å². The van der Waals surface area contributed by atoms with Gasteiger partial charge in [0.1, 0.15) is 23.2 Å². The molecule has 1 atom stereocenters. The number of halogens is 1. The van der Waals surface area contributed by atoms with Crippen LogP contribution in [0.2, 0.25) is 5.02 Å². The Kier molecular flexibility index (Phi) is 8.54. The molecule has 0 unspecified atom stereocenters. The molecule has 1 N–H and O–H groups in total. The number of rotatable bonds is 4. The highest BCUT2D eigenvalue weighted by Gasteiger charge is 2.26. The Morgan fingerprint density at radius 3 is 2.75 bits per heavy atom. The van der Waals surface area contributed by atoms with E-state index in [4.69, 9.17) is 25.8 Å². The Hall–Kier alpha value is -2.31. The Labute approximate surface area is 169 Å². The lowest BCUT2D eigenvalue weighted by Crippen LogP contribution is -2.18. The molecule has 0 aromatic heterocycles. The number of aromatic hydroxyl groups is 1. The van der Waals surface area contributed by atoms with Crippen molar-refractivity contribution in [2.45, 2.75) is 45.6 Å². The van der Waals surface area contributed by atoms with Gasteiger partial charge in [-0.2, -0.15) is 0 Å². The third kappa shape index (κ3) is 6.11. The van der Waals surface area contributed by atoms with E-state index >= 15 is 0 Å². The molecule has 0 spiro atoms. The van der Waals surface area contributed by atoms with Crippen molar-refractivity contribution in [3.8, 4) is 11.5 Å². The summed E-state index contributed by atoms with van der Waals surface area (Å²) in [6.07, 6.45) is 8.65. The first-order chi connectivity index (χ1) is 13.4. The quantitative estimate of drug-likeness (QED) is 0.345.